The van der Waals surface area contributed by atoms with E-state index in [-0.39, 0.29) is 25.0 Å². The van der Waals surface area contributed by atoms with Gasteiger partial charge in [0.1, 0.15) is 11.6 Å². The van der Waals surface area contributed by atoms with Crippen molar-refractivity contribution in [2.75, 3.05) is 26.4 Å². The summed E-state index contributed by atoms with van der Waals surface area (Å²) in [5, 5.41) is 11.6. The number of rotatable bonds is 2. The third-order valence-electron chi connectivity index (χ3n) is 3.38. The molecule has 2 rings (SSSR count). The fourth-order valence-corrected chi connectivity index (χ4v) is 2.32. The molecule has 2 fully saturated rings. The lowest BCUT2D eigenvalue weighted by molar-refractivity contribution is -0.172. The van der Waals surface area contributed by atoms with Crippen LogP contribution in [0.1, 0.15) is 13.3 Å². The van der Waals surface area contributed by atoms with Crippen LogP contribution in [0.4, 0.5) is 0 Å². The van der Waals surface area contributed by atoms with Crippen molar-refractivity contribution in [2.45, 2.75) is 24.9 Å². The highest BCUT2D eigenvalue weighted by atomic mass is 16.5. The summed E-state index contributed by atoms with van der Waals surface area (Å²) in [6.45, 7) is 2.59. The number of piperazine rings is 1. The molecular weight excluding hydrogens is 212 g/mol. The first-order chi connectivity index (χ1) is 7.65. The number of amides is 2. The quantitative estimate of drug-likeness (QED) is 0.602. The molecule has 0 bridgehead atoms. The maximum absolute atomic E-state index is 12.0. The van der Waals surface area contributed by atoms with E-state index in [1.54, 1.807) is 4.90 Å². The van der Waals surface area contributed by atoms with Crippen molar-refractivity contribution in [3.63, 3.8) is 0 Å². The first-order valence-electron chi connectivity index (χ1n) is 5.47. The Morgan fingerprint density at radius 2 is 2.38 bits per heavy atom. The average molecular weight is 228 g/mol. The van der Waals surface area contributed by atoms with Crippen LogP contribution in [-0.2, 0) is 14.3 Å². The van der Waals surface area contributed by atoms with Crippen LogP contribution in [-0.4, -0.2) is 59.8 Å². The number of aliphatic hydroxyl groups is 1. The summed E-state index contributed by atoms with van der Waals surface area (Å²) in [7, 11) is 0. The lowest BCUT2D eigenvalue weighted by Gasteiger charge is -2.49. The fraction of sp³-hybridized carbons (Fsp3) is 0.800. The summed E-state index contributed by atoms with van der Waals surface area (Å²) in [6, 6.07) is -0.801. The molecule has 0 saturated carbocycles. The van der Waals surface area contributed by atoms with Crippen LogP contribution in [0.3, 0.4) is 0 Å². The molecule has 2 amide bonds. The van der Waals surface area contributed by atoms with Gasteiger partial charge in [0.2, 0.25) is 11.8 Å². The summed E-state index contributed by atoms with van der Waals surface area (Å²) in [5.41, 5.74) is -0.874. The molecule has 0 spiro atoms. The lowest BCUT2D eigenvalue weighted by Crippen LogP contribution is -2.74. The molecule has 0 radical (unpaired) electrons. The molecule has 2 heterocycles. The Morgan fingerprint density at radius 1 is 1.62 bits per heavy atom. The molecule has 2 atom stereocenters. The van der Waals surface area contributed by atoms with Crippen LogP contribution >= 0.6 is 0 Å². The third-order valence-corrected chi connectivity index (χ3v) is 3.38. The molecule has 0 aromatic rings. The summed E-state index contributed by atoms with van der Waals surface area (Å²) in [4.78, 5) is 25.5. The maximum Gasteiger partial charge on any atom is 0.249 e. The third kappa shape index (κ3) is 1.41. The molecular formula is C10H16N2O4. The van der Waals surface area contributed by atoms with Crippen molar-refractivity contribution < 1.29 is 19.4 Å². The highest BCUT2D eigenvalue weighted by molar-refractivity contribution is 6.00. The summed E-state index contributed by atoms with van der Waals surface area (Å²) in [6.07, 6.45) is 0.517. The van der Waals surface area contributed by atoms with Crippen molar-refractivity contribution in [1.82, 2.24) is 10.2 Å². The highest BCUT2D eigenvalue weighted by Crippen LogP contribution is 2.28. The number of nitrogens with zero attached hydrogens (tertiary/aromatic N) is 1. The maximum atomic E-state index is 12.0. The fourth-order valence-electron chi connectivity index (χ4n) is 2.32. The average Bonchev–Trinajstić information content (AvgIpc) is 2.33. The van der Waals surface area contributed by atoms with Gasteiger partial charge in [0.15, 0.2) is 0 Å². The van der Waals surface area contributed by atoms with Gasteiger partial charge in [-0.05, 0) is 6.42 Å². The van der Waals surface area contributed by atoms with E-state index in [9.17, 15) is 9.59 Å². The van der Waals surface area contributed by atoms with E-state index < -0.39 is 11.6 Å². The number of aliphatic hydroxyl groups excluding tert-OH is 1. The van der Waals surface area contributed by atoms with Gasteiger partial charge in [-0.2, -0.15) is 0 Å². The summed E-state index contributed by atoms with van der Waals surface area (Å²) in [5.74, 6) is -0.444. The molecule has 6 heteroatoms. The van der Waals surface area contributed by atoms with Crippen LogP contribution in [0.5, 0.6) is 0 Å². The Hall–Kier alpha value is -1.14. The Morgan fingerprint density at radius 3 is 3.00 bits per heavy atom. The molecule has 6 nitrogen and oxygen atoms in total. The van der Waals surface area contributed by atoms with Crippen LogP contribution in [0.2, 0.25) is 0 Å². The van der Waals surface area contributed by atoms with Gasteiger partial charge >= 0.3 is 0 Å². The number of morpholine rings is 1. The molecule has 0 aromatic carbocycles. The number of nitrogens with one attached hydrogen (secondary N) is 1. The van der Waals surface area contributed by atoms with Gasteiger partial charge in [-0.3, -0.25) is 9.59 Å². The van der Waals surface area contributed by atoms with E-state index in [0.717, 1.165) is 0 Å². The Bertz CT molecular complexity index is 318. The summed E-state index contributed by atoms with van der Waals surface area (Å²) < 4.78 is 5.30. The summed E-state index contributed by atoms with van der Waals surface area (Å²) >= 11 is 0. The molecule has 16 heavy (non-hydrogen) atoms. The van der Waals surface area contributed by atoms with E-state index in [4.69, 9.17) is 9.84 Å². The smallest absolute Gasteiger partial charge is 0.249 e. The second-order valence-electron chi connectivity index (χ2n) is 4.14. The zero-order valence-corrected chi connectivity index (χ0v) is 9.23. The topological polar surface area (TPSA) is 78.9 Å². The highest BCUT2D eigenvalue weighted by Gasteiger charge is 2.52. The molecule has 2 N–H and O–H groups in total. The van der Waals surface area contributed by atoms with Crippen molar-refractivity contribution in [3.05, 3.63) is 0 Å². The van der Waals surface area contributed by atoms with Gasteiger partial charge in [0.05, 0.1) is 19.8 Å². The van der Waals surface area contributed by atoms with Gasteiger partial charge < -0.3 is 20.1 Å². The zero-order valence-electron chi connectivity index (χ0n) is 9.23. The lowest BCUT2D eigenvalue weighted by atomic mass is 9.88. The number of carbonyl (C=O) groups is 2. The minimum atomic E-state index is -0.874. The molecule has 1 unspecified atom stereocenters. The van der Waals surface area contributed by atoms with E-state index >= 15 is 0 Å². The van der Waals surface area contributed by atoms with Crippen molar-refractivity contribution >= 4 is 11.8 Å². The molecule has 2 aliphatic rings. The van der Waals surface area contributed by atoms with E-state index in [0.29, 0.717) is 19.6 Å². The number of ether oxygens (including phenoxy) is 1. The normalized spacial score (nSPS) is 34.6. The largest absolute Gasteiger partial charge is 0.394 e. The van der Waals surface area contributed by atoms with Gasteiger partial charge in [0.25, 0.3) is 0 Å². The number of carbonyl (C=O) groups excluding carboxylic acids is 2. The number of fused-ring (bicyclic) bond motifs is 1. The SMILES string of the molecule is CCC12COCCN1C(=O)[C@@H](CO)NC2=O. The van der Waals surface area contributed by atoms with E-state index in [1.165, 1.54) is 0 Å². The van der Waals surface area contributed by atoms with Crippen molar-refractivity contribution in [1.29, 1.82) is 0 Å². The minimum Gasteiger partial charge on any atom is -0.394 e. The van der Waals surface area contributed by atoms with Crippen LogP contribution < -0.4 is 5.32 Å². The van der Waals surface area contributed by atoms with Crippen LogP contribution in [0.25, 0.3) is 0 Å². The van der Waals surface area contributed by atoms with Crippen molar-refractivity contribution in [2.24, 2.45) is 0 Å². The monoisotopic (exact) mass is 228 g/mol. The van der Waals surface area contributed by atoms with Gasteiger partial charge in [-0.15, -0.1) is 0 Å². The zero-order chi connectivity index (χ0) is 11.8. The molecule has 0 aromatic heterocycles. The number of hydrogen-bond acceptors (Lipinski definition) is 4. The Kier molecular flexibility index (Phi) is 2.86. The van der Waals surface area contributed by atoms with Gasteiger partial charge in [0, 0.05) is 6.54 Å². The Labute approximate surface area is 93.6 Å². The standard InChI is InChI=1S/C10H16N2O4/c1-2-10-6-16-4-3-12(10)8(14)7(5-13)11-9(10)15/h7,13H,2-6H2,1H3,(H,11,15)/t7-,10?/m1/s1. The second kappa shape index (κ2) is 4.03. The molecule has 2 aliphatic heterocycles. The van der Waals surface area contributed by atoms with Gasteiger partial charge in [-0.25, -0.2) is 0 Å². The number of hydrogen-bond donors (Lipinski definition) is 2. The van der Waals surface area contributed by atoms with E-state index in [1.807, 2.05) is 6.92 Å². The van der Waals surface area contributed by atoms with E-state index in [2.05, 4.69) is 5.32 Å². The van der Waals surface area contributed by atoms with Gasteiger partial charge in [-0.1, -0.05) is 6.92 Å². The first-order valence-corrected chi connectivity index (χ1v) is 5.47. The molecule has 2 saturated heterocycles. The second-order valence-corrected chi connectivity index (χ2v) is 4.14. The van der Waals surface area contributed by atoms with Crippen molar-refractivity contribution in [3.8, 4) is 0 Å². The first kappa shape index (κ1) is 11.3. The predicted molar refractivity (Wildman–Crippen MR) is 54.6 cm³/mol. The van der Waals surface area contributed by atoms with Crippen LogP contribution in [0.15, 0.2) is 0 Å². The molecule has 0 aliphatic carbocycles. The Balaban J connectivity index is 2.32. The molecule has 90 valence electrons. The minimum absolute atomic E-state index is 0.216. The van der Waals surface area contributed by atoms with Crippen LogP contribution in [0, 0.1) is 0 Å². The predicted octanol–water partition coefficient (Wildman–Crippen LogP) is -1.52.